The summed E-state index contributed by atoms with van der Waals surface area (Å²) in [6, 6.07) is 11.9. The molecule has 0 aliphatic heterocycles. The molecule has 4 heteroatoms. The number of carbonyl (C=O) groups excluding carboxylic acids is 1. The number of hydrogen-bond donors (Lipinski definition) is 1. The summed E-state index contributed by atoms with van der Waals surface area (Å²) in [5.41, 5.74) is 1.89. The Morgan fingerprint density at radius 1 is 1.30 bits per heavy atom. The summed E-state index contributed by atoms with van der Waals surface area (Å²) in [7, 11) is 1.66. The Morgan fingerprint density at radius 3 is 2.95 bits per heavy atom. The number of anilines is 1. The van der Waals surface area contributed by atoms with Crippen molar-refractivity contribution >= 4 is 22.9 Å². The Hall–Kier alpha value is -1.65. The van der Waals surface area contributed by atoms with Gasteiger partial charge in [0.05, 0.1) is 6.61 Å². The van der Waals surface area contributed by atoms with Crippen molar-refractivity contribution in [1.29, 1.82) is 0 Å². The molecule has 0 aliphatic rings. The molecule has 1 aromatic heterocycles. The highest BCUT2D eigenvalue weighted by molar-refractivity contribution is 7.09. The maximum absolute atomic E-state index is 11.9. The number of methoxy groups -OCH3 is 1. The number of amides is 1. The number of rotatable bonds is 7. The average Bonchev–Trinajstić information content (AvgIpc) is 2.93. The van der Waals surface area contributed by atoms with Gasteiger partial charge < -0.3 is 10.1 Å². The molecule has 1 N–H and O–H groups in total. The van der Waals surface area contributed by atoms with E-state index in [-0.39, 0.29) is 5.91 Å². The van der Waals surface area contributed by atoms with E-state index in [9.17, 15) is 4.79 Å². The molecule has 1 heterocycles. The van der Waals surface area contributed by atoms with Crippen LogP contribution in [0.25, 0.3) is 0 Å². The zero-order valence-corrected chi connectivity index (χ0v) is 12.4. The van der Waals surface area contributed by atoms with Crippen LogP contribution in [0.4, 0.5) is 5.69 Å². The molecule has 0 saturated carbocycles. The minimum Gasteiger partial charge on any atom is -0.380 e. The van der Waals surface area contributed by atoms with E-state index >= 15 is 0 Å². The number of carbonyl (C=O) groups is 1. The number of benzene rings is 1. The van der Waals surface area contributed by atoms with Crippen molar-refractivity contribution in [2.45, 2.75) is 25.9 Å². The molecule has 0 unspecified atom stereocenters. The van der Waals surface area contributed by atoms with Crippen LogP contribution in [-0.4, -0.2) is 13.0 Å². The van der Waals surface area contributed by atoms with Crippen LogP contribution < -0.4 is 5.32 Å². The lowest BCUT2D eigenvalue weighted by molar-refractivity contribution is -0.116. The van der Waals surface area contributed by atoms with Crippen molar-refractivity contribution in [2.24, 2.45) is 0 Å². The number of nitrogens with one attached hydrogen (secondary N) is 1. The van der Waals surface area contributed by atoms with Crippen LogP contribution >= 0.6 is 11.3 Å². The minimum absolute atomic E-state index is 0.0659. The number of thiophene rings is 1. The largest absolute Gasteiger partial charge is 0.380 e. The summed E-state index contributed by atoms with van der Waals surface area (Å²) in [5.74, 6) is 0.0659. The molecule has 0 atom stereocenters. The van der Waals surface area contributed by atoms with Gasteiger partial charge >= 0.3 is 0 Å². The average molecular weight is 289 g/mol. The third-order valence-corrected chi connectivity index (χ3v) is 3.87. The zero-order valence-electron chi connectivity index (χ0n) is 11.6. The van der Waals surface area contributed by atoms with Crippen LogP contribution in [0, 0.1) is 0 Å². The van der Waals surface area contributed by atoms with Gasteiger partial charge in [-0.05, 0) is 42.0 Å². The van der Waals surface area contributed by atoms with Crippen LogP contribution in [0.3, 0.4) is 0 Å². The van der Waals surface area contributed by atoms with Gasteiger partial charge in [-0.3, -0.25) is 4.79 Å². The molecule has 2 rings (SSSR count). The summed E-state index contributed by atoms with van der Waals surface area (Å²) in [6.07, 6.45) is 2.39. The normalized spacial score (nSPS) is 10.4. The van der Waals surface area contributed by atoms with E-state index in [4.69, 9.17) is 4.74 Å². The Bertz CT molecular complexity index is 537. The first-order chi connectivity index (χ1) is 9.78. The second-order valence-electron chi connectivity index (χ2n) is 4.61. The van der Waals surface area contributed by atoms with Gasteiger partial charge in [0, 0.05) is 24.1 Å². The molecule has 0 fully saturated rings. The van der Waals surface area contributed by atoms with Crippen LogP contribution in [0.15, 0.2) is 41.8 Å². The van der Waals surface area contributed by atoms with E-state index < -0.39 is 0 Å². The SMILES string of the molecule is COCc1cccc(NC(=O)CCCc2cccs2)c1. The van der Waals surface area contributed by atoms with E-state index in [0.717, 1.165) is 24.1 Å². The van der Waals surface area contributed by atoms with Gasteiger partial charge in [-0.25, -0.2) is 0 Å². The van der Waals surface area contributed by atoms with Crippen molar-refractivity contribution < 1.29 is 9.53 Å². The fourth-order valence-corrected chi connectivity index (χ4v) is 2.76. The molecule has 0 saturated heterocycles. The predicted molar refractivity (Wildman–Crippen MR) is 83.0 cm³/mol. The molecule has 1 amide bonds. The van der Waals surface area contributed by atoms with Gasteiger partial charge in [-0.15, -0.1) is 11.3 Å². The monoisotopic (exact) mass is 289 g/mol. The molecule has 0 aliphatic carbocycles. The highest BCUT2D eigenvalue weighted by atomic mass is 32.1. The summed E-state index contributed by atoms with van der Waals surface area (Å²) < 4.78 is 5.08. The lowest BCUT2D eigenvalue weighted by Crippen LogP contribution is -2.11. The van der Waals surface area contributed by atoms with Crippen molar-refractivity contribution in [3.63, 3.8) is 0 Å². The summed E-state index contributed by atoms with van der Waals surface area (Å²) in [5, 5.41) is 5.00. The van der Waals surface area contributed by atoms with E-state index in [0.29, 0.717) is 13.0 Å². The highest BCUT2D eigenvalue weighted by Gasteiger charge is 2.04. The maximum atomic E-state index is 11.9. The summed E-state index contributed by atoms with van der Waals surface area (Å²) >= 11 is 1.74. The van der Waals surface area contributed by atoms with E-state index in [1.807, 2.05) is 30.3 Å². The fourth-order valence-electron chi connectivity index (χ4n) is 2.01. The van der Waals surface area contributed by atoms with E-state index in [1.165, 1.54) is 4.88 Å². The lowest BCUT2D eigenvalue weighted by Gasteiger charge is -2.07. The van der Waals surface area contributed by atoms with Gasteiger partial charge in [0.25, 0.3) is 0 Å². The molecule has 3 nitrogen and oxygen atoms in total. The second kappa shape index (κ2) is 7.82. The molecule has 2 aromatic rings. The van der Waals surface area contributed by atoms with Gasteiger partial charge in [-0.1, -0.05) is 18.2 Å². The molecular formula is C16H19NO2S. The van der Waals surface area contributed by atoms with Crippen molar-refractivity contribution in [3.8, 4) is 0 Å². The maximum Gasteiger partial charge on any atom is 0.224 e. The Kier molecular flexibility index (Phi) is 5.77. The van der Waals surface area contributed by atoms with Crippen LogP contribution in [0.1, 0.15) is 23.3 Å². The quantitative estimate of drug-likeness (QED) is 0.840. The molecule has 106 valence electrons. The Labute approximate surface area is 123 Å². The van der Waals surface area contributed by atoms with Crippen molar-refractivity contribution in [3.05, 3.63) is 52.2 Å². The molecular weight excluding hydrogens is 270 g/mol. The van der Waals surface area contributed by atoms with E-state index in [1.54, 1.807) is 18.4 Å². The number of ether oxygens (including phenoxy) is 1. The Balaban J connectivity index is 1.77. The smallest absolute Gasteiger partial charge is 0.224 e. The van der Waals surface area contributed by atoms with Gasteiger partial charge in [0.1, 0.15) is 0 Å². The first kappa shape index (κ1) is 14.8. The zero-order chi connectivity index (χ0) is 14.2. The standard InChI is InChI=1S/C16H19NO2S/c1-19-12-13-5-2-6-14(11-13)17-16(18)9-3-7-15-8-4-10-20-15/h2,4-6,8,10-11H,3,7,9,12H2,1H3,(H,17,18). The fraction of sp³-hybridized carbons (Fsp3) is 0.312. The first-order valence-electron chi connectivity index (χ1n) is 6.68. The molecule has 0 radical (unpaired) electrons. The van der Waals surface area contributed by atoms with Gasteiger partial charge in [0.15, 0.2) is 0 Å². The molecule has 1 aromatic carbocycles. The molecule has 0 spiro atoms. The first-order valence-corrected chi connectivity index (χ1v) is 7.56. The second-order valence-corrected chi connectivity index (χ2v) is 5.65. The number of aryl methyl sites for hydroxylation is 1. The third kappa shape index (κ3) is 4.79. The third-order valence-electron chi connectivity index (χ3n) is 2.93. The topological polar surface area (TPSA) is 38.3 Å². The van der Waals surface area contributed by atoms with Gasteiger partial charge in [0.2, 0.25) is 5.91 Å². The Morgan fingerprint density at radius 2 is 2.20 bits per heavy atom. The summed E-state index contributed by atoms with van der Waals surface area (Å²) in [6.45, 7) is 0.558. The minimum atomic E-state index is 0.0659. The predicted octanol–water partition coefficient (Wildman–Crippen LogP) is 3.86. The number of hydrogen-bond acceptors (Lipinski definition) is 3. The molecule has 0 bridgehead atoms. The van der Waals surface area contributed by atoms with Crippen LogP contribution in [0.2, 0.25) is 0 Å². The van der Waals surface area contributed by atoms with Crippen molar-refractivity contribution in [1.82, 2.24) is 0 Å². The highest BCUT2D eigenvalue weighted by Crippen LogP contribution is 2.14. The summed E-state index contributed by atoms with van der Waals surface area (Å²) in [4.78, 5) is 13.2. The van der Waals surface area contributed by atoms with Crippen LogP contribution in [0.5, 0.6) is 0 Å². The van der Waals surface area contributed by atoms with Gasteiger partial charge in [-0.2, -0.15) is 0 Å². The van der Waals surface area contributed by atoms with Crippen LogP contribution in [-0.2, 0) is 22.6 Å². The molecule has 20 heavy (non-hydrogen) atoms. The lowest BCUT2D eigenvalue weighted by atomic mass is 10.2. The van der Waals surface area contributed by atoms with Crippen molar-refractivity contribution in [2.75, 3.05) is 12.4 Å². The van der Waals surface area contributed by atoms with E-state index in [2.05, 4.69) is 16.8 Å².